The summed E-state index contributed by atoms with van der Waals surface area (Å²) in [5.74, 6) is 1.44. The summed E-state index contributed by atoms with van der Waals surface area (Å²) in [5, 5.41) is 0.872. The fraction of sp³-hybridized carbons (Fsp3) is 0.286. The van der Waals surface area contributed by atoms with Gasteiger partial charge in [0.25, 0.3) is 0 Å². The van der Waals surface area contributed by atoms with Gasteiger partial charge in [0.2, 0.25) is 0 Å². The van der Waals surface area contributed by atoms with Gasteiger partial charge in [0, 0.05) is 12.0 Å². The van der Waals surface area contributed by atoms with Crippen LogP contribution in [0.25, 0.3) is 0 Å². The zero-order valence-electron chi connectivity index (χ0n) is 10.8. The molecule has 3 nitrogen and oxygen atoms in total. The molecule has 0 saturated heterocycles. The van der Waals surface area contributed by atoms with Crippen LogP contribution in [-0.4, -0.2) is 17.1 Å². The molecular weight excluding hydrogens is 283 g/mol. The Hall–Kier alpha value is -1.32. The molecule has 19 heavy (non-hydrogen) atoms. The van der Waals surface area contributed by atoms with Crippen LogP contribution >= 0.6 is 23.2 Å². The van der Waals surface area contributed by atoms with Crippen molar-refractivity contribution in [2.75, 3.05) is 7.11 Å². The molecule has 0 aliphatic rings. The van der Waals surface area contributed by atoms with Gasteiger partial charge in [-0.1, -0.05) is 42.3 Å². The van der Waals surface area contributed by atoms with Gasteiger partial charge >= 0.3 is 0 Å². The molecule has 0 N–H and O–H groups in total. The minimum atomic E-state index is 0.436. The molecule has 1 heterocycles. The van der Waals surface area contributed by atoms with E-state index in [-0.39, 0.29) is 0 Å². The second kappa shape index (κ2) is 6.22. The third-order valence-electron chi connectivity index (χ3n) is 2.83. The zero-order chi connectivity index (χ0) is 13.8. The number of methoxy groups -OCH3 is 1. The molecule has 0 saturated carbocycles. The van der Waals surface area contributed by atoms with E-state index in [2.05, 4.69) is 9.97 Å². The Morgan fingerprint density at radius 3 is 2.11 bits per heavy atom. The first-order chi connectivity index (χ1) is 9.13. The standard InChI is InChI=1S/C14H14Cl2N2O/c1-3-11-13(15)17-12(18-14(11)16)8-9-4-6-10(19-2)7-5-9/h4-7H,3,8H2,1-2H3. The van der Waals surface area contributed by atoms with Crippen LogP contribution in [-0.2, 0) is 12.8 Å². The topological polar surface area (TPSA) is 35.0 Å². The molecule has 2 rings (SSSR count). The maximum absolute atomic E-state index is 6.09. The average molecular weight is 297 g/mol. The summed E-state index contributed by atoms with van der Waals surface area (Å²) in [6.45, 7) is 1.97. The van der Waals surface area contributed by atoms with Gasteiger partial charge in [-0.05, 0) is 24.1 Å². The number of rotatable bonds is 4. The summed E-state index contributed by atoms with van der Waals surface area (Å²) in [7, 11) is 1.64. The summed E-state index contributed by atoms with van der Waals surface area (Å²) in [5.41, 5.74) is 1.87. The van der Waals surface area contributed by atoms with E-state index in [4.69, 9.17) is 27.9 Å². The smallest absolute Gasteiger partial charge is 0.137 e. The van der Waals surface area contributed by atoms with E-state index < -0.39 is 0 Å². The summed E-state index contributed by atoms with van der Waals surface area (Å²) in [6, 6.07) is 7.74. The van der Waals surface area contributed by atoms with Crippen LogP contribution in [0.15, 0.2) is 24.3 Å². The Kier molecular flexibility index (Phi) is 4.61. The van der Waals surface area contributed by atoms with Gasteiger partial charge in [-0.15, -0.1) is 0 Å². The molecule has 0 radical (unpaired) electrons. The lowest BCUT2D eigenvalue weighted by atomic mass is 10.1. The van der Waals surface area contributed by atoms with Gasteiger partial charge < -0.3 is 4.74 Å². The quantitative estimate of drug-likeness (QED) is 0.802. The van der Waals surface area contributed by atoms with Gasteiger partial charge in [0.05, 0.1) is 7.11 Å². The van der Waals surface area contributed by atoms with Gasteiger partial charge in [-0.3, -0.25) is 0 Å². The first kappa shape index (κ1) is 14.1. The van der Waals surface area contributed by atoms with Crippen molar-refractivity contribution in [1.29, 1.82) is 0 Å². The maximum Gasteiger partial charge on any atom is 0.137 e. The van der Waals surface area contributed by atoms with E-state index in [1.165, 1.54) is 0 Å². The fourth-order valence-electron chi connectivity index (χ4n) is 1.77. The third-order valence-corrected chi connectivity index (χ3v) is 3.45. The van der Waals surface area contributed by atoms with E-state index in [1.54, 1.807) is 7.11 Å². The lowest BCUT2D eigenvalue weighted by Crippen LogP contribution is -2.01. The number of benzene rings is 1. The Morgan fingerprint density at radius 2 is 1.63 bits per heavy atom. The molecule has 0 spiro atoms. The molecule has 2 aromatic rings. The lowest BCUT2D eigenvalue weighted by molar-refractivity contribution is 0.414. The van der Waals surface area contributed by atoms with E-state index in [0.29, 0.717) is 22.6 Å². The predicted octanol–water partition coefficient (Wildman–Crippen LogP) is 3.95. The first-order valence-corrected chi connectivity index (χ1v) is 6.73. The van der Waals surface area contributed by atoms with Gasteiger partial charge in [-0.2, -0.15) is 0 Å². The number of halogens is 2. The Bertz CT molecular complexity index is 547. The van der Waals surface area contributed by atoms with Crippen molar-refractivity contribution in [3.05, 3.63) is 51.5 Å². The number of hydrogen-bond donors (Lipinski definition) is 0. The second-order valence-corrected chi connectivity index (χ2v) is 4.79. The highest BCUT2D eigenvalue weighted by molar-refractivity contribution is 6.34. The SMILES string of the molecule is CCc1c(Cl)nc(Cc2ccc(OC)cc2)nc1Cl. The van der Waals surface area contributed by atoms with Crippen molar-refractivity contribution >= 4 is 23.2 Å². The van der Waals surface area contributed by atoms with E-state index in [9.17, 15) is 0 Å². The number of nitrogens with zero attached hydrogens (tertiary/aromatic N) is 2. The van der Waals surface area contributed by atoms with E-state index in [1.807, 2.05) is 31.2 Å². The van der Waals surface area contributed by atoms with Crippen LogP contribution < -0.4 is 4.74 Å². The Balaban J connectivity index is 2.23. The van der Waals surface area contributed by atoms with Crippen LogP contribution in [0.1, 0.15) is 23.9 Å². The third kappa shape index (κ3) is 3.37. The summed E-state index contributed by atoms with van der Waals surface area (Å²) in [4.78, 5) is 8.56. The van der Waals surface area contributed by atoms with Crippen LogP contribution in [0.2, 0.25) is 10.3 Å². The minimum Gasteiger partial charge on any atom is -0.497 e. The van der Waals surface area contributed by atoms with Crippen molar-refractivity contribution in [3.63, 3.8) is 0 Å². The summed E-state index contributed by atoms with van der Waals surface area (Å²) >= 11 is 12.2. The highest BCUT2D eigenvalue weighted by Crippen LogP contribution is 2.22. The number of ether oxygens (including phenoxy) is 1. The van der Waals surface area contributed by atoms with E-state index >= 15 is 0 Å². The van der Waals surface area contributed by atoms with Crippen LogP contribution in [0, 0.1) is 0 Å². The normalized spacial score (nSPS) is 10.5. The molecule has 0 aliphatic carbocycles. The Labute approximate surface area is 122 Å². The van der Waals surface area contributed by atoms with Crippen molar-refractivity contribution in [2.45, 2.75) is 19.8 Å². The molecule has 0 amide bonds. The molecule has 1 aromatic carbocycles. The van der Waals surface area contributed by atoms with Crippen molar-refractivity contribution < 1.29 is 4.74 Å². The molecule has 0 atom stereocenters. The van der Waals surface area contributed by atoms with Crippen LogP contribution in [0.4, 0.5) is 0 Å². The fourth-order valence-corrected chi connectivity index (χ4v) is 2.46. The first-order valence-electron chi connectivity index (χ1n) is 5.97. The predicted molar refractivity (Wildman–Crippen MR) is 77.2 cm³/mol. The maximum atomic E-state index is 6.09. The van der Waals surface area contributed by atoms with E-state index in [0.717, 1.165) is 23.3 Å². The zero-order valence-corrected chi connectivity index (χ0v) is 12.3. The highest BCUT2D eigenvalue weighted by Gasteiger charge is 2.10. The van der Waals surface area contributed by atoms with Crippen molar-refractivity contribution in [3.8, 4) is 5.75 Å². The molecule has 5 heteroatoms. The van der Waals surface area contributed by atoms with Crippen molar-refractivity contribution in [2.24, 2.45) is 0 Å². The monoisotopic (exact) mass is 296 g/mol. The van der Waals surface area contributed by atoms with Gasteiger partial charge in [0.1, 0.15) is 21.9 Å². The molecule has 0 bridgehead atoms. The van der Waals surface area contributed by atoms with Crippen LogP contribution in [0.5, 0.6) is 5.75 Å². The Morgan fingerprint density at radius 1 is 1.05 bits per heavy atom. The summed E-state index contributed by atoms with van der Waals surface area (Å²) < 4.78 is 5.11. The molecule has 1 aromatic heterocycles. The highest BCUT2D eigenvalue weighted by atomic mass is 35.5. The molecule has 0 unspecified atom stereocenters. The molecular formula is C14H14Cl2N2O. The molecule has 100 valence electrons. The molecule has 0 aliphatic heterocycles. The number of aromatic nitrogens is 2. The minimum absolute atomic E-state index is 0.436. The number of hydrogen-bond acceptors (Lipinski definition) is 3. The van der Waals surface area contributed by atoms with Gasteiger partial charge in [-0.25, -0.2) is 9.97 Å². The van der Waals surface area contributed by atoms with Crippen LogP contribution in [0.3, 0.4) is 0 Å². The second-order valence-electron chi connectivity index (χ2n) is 4.08. The van der Waals surface area contributed by atoms with Gasteiger partial charge in [0.15, 0.2) is 0 Å². The molecule has 0 fully saturated rings. The largest absolute Gasteiger partial charge is 0.497 e. The summed E-state index contributed by atoms with van der Waals surface area (Å²) in [6.07, 6.45) is 1.31. The van der Waals surface area contributed by atoms with Crippen molar-refractivity contribution in [1.82, 2.24) is 9.97 Å². The lowest BCUT2D eigenvalue weighted by Gasteiger charge is -2.07. The average Bonchev–Trinajstić information content (AvgIpc) is 2.39.